The zero-order valence-corrected chi connectivity index (χ0v) is 13.0. The van der Waals surface area contributed by atoms with Crippen molar-refractivity contribution in [1.82, 2.24) is 4.98 Å². The molecule has 0 radical (unpaired) electrons. The number of nitrogens with two attached hydrogens (primary N) is 1. The Morgan fingerprint density at radius 3 is 2.52 bits per heavy atom. The molecule has 1 aromatic carbocycles. The third kappa shape index (κ3) is 3.46. The van der Waals surface area contributed by atoms with E-state index in [-0.39, 0.29) is 4.88 Å². The molecule has 114 valence electrons. The first-order chi connectivity index (χ1) is 11.1. The van der Waals surface area contributed by atoms with Gasteiger partial charge in [-0.1, -0.05) is 36.4 Å². The van der Waals surface area contributed by atoms with Crippen LogP contribution in [-0.2, 0) is 0 Å². The minimum atomic E-state index is -0.944. The van der Waals surface area contributed by atoms with Gasteiger partial charge in [-0.05, 0) is 35.9 Å². The molecular weight excluding hydrogens is 308 g/mol. The van der Waals surface area contributed by atoms with Crippen molar-refractivity contribution >= 4 is 35.1 Å². The molecule has 0 fully saturated rings. The first-order valence-electron chi connectivity index (χ1n) is 6.96. The molecule has 3 aromatic rings. The number of pyridine rings is 1. The number of carboxylic acid groups (broad SMARTS) is 1. The lowest BCUT2D eigenvalue weighted by molar-refractivity contribution is 0.0702. The maximum atomic E-state index is 11.0. The number of carboxylic acids is 1. The summed E-state index contributed by atoms with van der Waals surface area (Å²) in [5.41, 5.74) is 8.97. The van der Waals surface area contributed by atoms with Crippen LogP contribution in [0.5, 0.6) is 0 Å². The number of anilines is 1. The van der Waals surface area contributed by atoms with Gasteiger partial charge in [-0.15, -0.1) is 11.3 Å². The van der Waals surface area contributed by atoms with Gasteiger partial charge in [0.15, 0.2) is 0 Å². The van der Waals surface area contributed by atoms with Crippen molar-refractivity contribution in [3.05, 3.63) is 70.7 Å². The molecule has 0 atom stereocenters. The Morgan fingerprint density at radius 2 is 1.83 bits per heavy atom. The molecule has 0 unspecified atom stereocenters. The van der Waals surface area contributed by atoms with E-state index in [0.29, 0.717) is 11.4 Å². The van der Waals surface area contributed by atoms with Gasteiger partial charge >= 0.3 is 5.97 Å². The number of rotatable bonds is 4. The number of nitrogens with zero attached hydrogens (tertiary/aromatic N) is 1. The number of benzene rings is 1. The van der Waals surface area contributed by atoms with E-state index in [1.807, 2.05) is 48.6 Å². The quantitative estimate of drug-likeness (QED) is 0.752. The molecule has 0 aliphatic rings. The Hall–Kier alpha value is -2.92. The summed E-state index contributed by atoms with van der Waals surface area (Å²) in [5.74, 6) is -0.944. The van der Waals surface area contributed by atoms with E-state index in [1.165, 1.54) is 11.3 Å². The highest BCUT2D eigenvalue weighted by Crippen LogP contribution is 2.31. The number of thiophene rings is 1. The van der Waals surface area contributed by atoms with Crippen LogP contribution >= 0.6 is 11.3 Å². The van der Waals surface area contributed by atoms with E-state index in [9.17, 15) is 4.79 Å². The average Bonchev–Trinajstić information content (AvgIpc) is 3.05. The minimum absolute atomic E-state index is 0.270. The summed E-state index contributed by atoms with van der Waals surface area (Å²) in [7, 11) is 0. The fourth-order valence-corrected chi connectivity index (χ4v) is 2.96. The summed E-state index contributed by atoms with van der Waals surface area (Å²) in [5, 5.41) is 9.03. The van der Waals surface area contributed by atoms with Crippen LogP contribution in [0.4, 0.5) is 5.69 Å². The average molecular weight is 322 g/mol. The predicted octanol–water partition coefficient (Wildman–Crippen LogP) is 4.26. The number of carbonyl (C=O) groups is 1. The van der Waals surface area contributed by atoms with Gasteiger partial charge in [0.2, 0.25) is 0 Å². The molecule has 0 amide bonds. The standard InChI is InChI=1S/C18H14N2O2S/c19-14-9-8-13(7-6-12-4-2-1-3-5-12)20-17(14)15-10-11-16(23-15)18(21)22/h1-11H,19H2,(H,21,22). The summed E-state index contributed by atoms with van der Waals surface area (Å²) in [6.07, 6.45) is 3.88. The van der Waals surface area contributed by atoms with E-state index in [0.717, 1.165) is 16.1 Å². The minimum Gasteiger partial charge on any atom is -0.477 e. The van der Waals surface area contributed by atoms with E-state index < -0.39 is 5.97 Å². The van der Waals surface area contributed by atoms with Gasteiger partial charge in [0, 0.05) is 0 Å². The Labute approximate surface area is 137 Å². The van der Waals surface area contributed by atoms with Crippen molar-refractivity contribution in [3.8, 4) is 10.6 Å². The van der Waals surface area contributed by atoms with Crippen molar-refractivity contribution in [1.29, 1.82) is 0 Å². The number of aromatic nitrogens is 1. The molecule has 5 heteroatoms. The largest absolute Gasteiger partial charge is 0.477 e. The second-order valence-corrected chi connectivity index (χ2v) is 5.97. The topological polar surface area (TPSA) is 76.2 Å². The summed E-state index contributed by atoms with van der Waals surface area (Å²) in [6.45, 7) is 0. The molecule has 0 bridgehead atoms. The maximum Gasteiger partial charge on any atom is 0.345 e. The smallest absolute Gasteiger partial charge is 0.345 e. The number of aromatic carboxylic acids is 1. The molecule has 0 saturated heterocycles. The van der Waals surface area contributed by atoms with Gasteiger partial charge < -0.3 is 10.8 Å². The van der Waals surface area contributed by atoms with Crippen LogP contribution < -0.4 is 5.73 Å². The van der Waals surface area contributed by atoms with Crippen molar-refractivity contribution in [2.75, 3.05) is 5.73 Å². The summed E-state index contributed by atoms with van der Waals surface area (Å²) in [6, 6.07) is 16.8. The Morgan fingerprint density at radius 1 is 1.04 bits per heavy atom. The highest BCUT2D eigenvalue weighted by Gasteiger charge is 2.12. The van der Waals surface area contributed by atoms with Crippen LogP contribution in [0, 0.1) is 0 Å². The molecule has 0 aliphatic heterocycles. The van der Waals surface area contributed by atoms with Gasteiger partial charge in [0.1, 0.15) is 10.6 Å². The molecule has 23 heavy (non-hydrogen) atoms. The van der Waals surface area contributed by atoms with Crippen LogP contribution in [0.2, 0.25) is 0 Å². The highest BCUT2D eigenvalue weighted by molar-refractivity contribution is 7.17. The van der Waals surface area contributed by atoms with Gasteiger partial charge in [0.25, 0.3) is 0 Å². The molecule has 3 N–H and O–H groups in total. The molecule has 4 nitrogen and oxygen atoms in total. The van der Waals surface area contributed by atoms with Crippen molar-refractivity contribution < 1.29 is 9.90 Å². The lowest BCUT2D eigenvalue weighted by Crippen LogP contribution is -1.94. The first-order valence-corrected chi connectivity index (χ1v) is 7.78. The molecule has 0 spiro atoms. The summed E-state index contributed by atoms with van der Waals surface area (Å²) < 4.78 is 0. The van der Waals surface area contributed by atoms with Crippen LogP contribution in [0.15, 0.2) is 54.6 Å². The summed E-state index contributed by atoms with van der Waals surface area (Å²) in [4.78, 5) is 16.6. The zero-order valence-electron chi connectivity index (χ0n) is 12.1. The van der Waals surface area contributed by atoms with E-state index in [4.69, 9.17) is 10.8 Å². The second-order valence-electron chi connectivity index (χ2n) is 4.89. The number of hydrogen-bond donors (Lipinski definition) is 2. The predicted molar refractivity (Wildman–Crippen MR) is 94.3 cm³/mol. The Kier molecular flexibility index (Phi) is 4.21. The molecule has 0 aliphatic carbocycles. The normalized spacial score (nSPS) is 11.0. The molecule has 2 aromatic heterocycles. The number of nitrogen functional groups attached to an aromatic ring is 1. The summed E-state index contributed by atoms with van der Waals surface area (Å²) >= 11 is 1.17. The van der Waals surface area contributed by atoms with E-state index in [1.54, 1.807) is 18.2 Å². The van der Waals surface area contributed by atoms with Crippen molar-refractivity contribution in [2.45, 2.75) is 0 Å². The molecule has 3 rings (SSSR count). The number of hydrogen-bond acceptors (Lipinski definition) is 4. The monoisotopic (exact) mass is 322 g/mol. The fraction of sp³-hybridized carbons (Fsp3) is 0. The third-order valence-corrected chi connectivity index (χ3v) is 4.32. The van der Waals surface area contributed by atoms with E-state index in [2.05, 4.69) is 4.98 Å². The first kappa shape index (κ1) is 15.0. The van der Waals surface area contributed by atoms with Gasteiger partial charge in [-0.3, -0.25) is 0 Å². The van der Waals surface area contributed by atoms with Gasteiger partial charge in [-0.2, -0.15) is 0 Å². The molecular formula is C18H14N2O2S. The second kappa shape index (κ2) is 6.46. The molecule has 2 heterocycles. The fourth-order valence-electron chi connectivity index (χ4n) is 2.10. The zero-order chi connectivity index (χ0) is 16.2. The van der Waals surface area contributed by atoms with Crippen molar-refractivity contribution in [2.24, 2.45) is 0 Å². The Balaban J connectivity index is 1.92. The van der Waals surface area contributed by atoms with Crippen LogP contribution in [0.1, 0.15) is 20.9 Å². The third-order valence-electron chi connectivity index (χ3n) is 3.24. The lowest BCUT2D eigenvalue weighted by Gasteiger charge is -2.03. The van der Waals surface area contributed by atoms with Crippen LogP contribution in [0.25, 0.3) is 22.7 Å². The van der Waals surface area contributed by atoms with Crippen LogP contribution in [0.3, 0.4) is 0 Å². The highest BCUT2D eigenvalue weighted by atomic mass is 32.1. The van der Waals surface area contributed by atoms with Crippen LogP contribution in [-0.4, -0.2) is 16.1 Å². The SMILES string of the molecule is Nc1ccc(C=Cc2ccccc2)nc1-c1ccc(C(=O)O)s1. The van der Waals surface area contributed by atoms with Crippen molar-refractivity contribution in [3.63, 3.8) is 0 Å². The lowest BCUT2D eigenvalue weighted by atomic mass is 10.2. The van der Waals surface area contributed by atoms with E-state index >= 15 is 0 Å². The Bertz CT molecular complexity index is 870. The van der Waals surface area contributed by atoms with Gasteiger partial charge in [0.05, 0.1) is 16.3 Å². The van der Waals surface area contributed by atoms with Gasteiger partial charge in [-0.25, -0.2) is 9.78 Å². The maximum absolute atomic E-state index is 11.0. The molecule has 0 saturated carbocycles.